The number of Topliss-reactive ketones (excluding diaryl/α,β-unsaturated/α-hetero) is 1. The van der Waals surface area contributed by atoms with Gasteiger partial charge in [0.1, 0.15) is 12.4 Å². The van der Waals surface area contributed by atoms with Crippen LogP contribution in [0.4, 0.5) is 5.69 Å². The Bertz CT molecular complexity index is 787. The van der Waals surface area contributed by atoms with Gasteiger partial charge in [0.2, 0.25) is 5.91 Å². The molecule has 0 heterocycles. The first-order valence-corrected chi connectivity index (χ1v) is 8.63. The number of nitrogens with zero attached hydrogens (tertiary/aromatic N) is 1. The van der Waals surface area contributed by atoms with E-state index >= 15 is 0 Å². The van der Waals surface area contributed by atoms with Gasteiger partial charge >= 0.3 is 0 Å². The normalized spacial score (nSPS) is 10.2. The first-order valence-electron chi connectivity index (χ1n) is 7.84. The SMILES string of the molecule is C=CCN(C(C)=O)c1cc(OCc2ccccc2)c(C(C)=O)cc1Br. The maximum atomic E-state index is 12.0. The van der Waals surface area contributed by atoms with Crippen molar-refractivity contribution in [3.05, 3.63) is 70.7 Å². The van der Waals surface area contributed by atoms with Crippen molar-refractivity contribution in [2.24, 2.45) is 0 Å². The lowest BCUT2D eigenvalue weighted by Crippen LogP contribution is -2.28. The maximum Gasteiger partial charge on any atom is 0.224 e. The number of rotatable bonds is 7. The molecule has 0 aliphatic heterocycles. The predicted octanol–water partition coefficient (Wildman–Crippen LogP) is 4.77. The van der Waals surface area contributed by atoms with E-state index in [1.165, 1.54) is 13.8 Å². The van der Waals surface area contributed by atoms with E-state index in [0.717, 1.165) is 5.56 Å². The number of anilines is 1. The Labute approximate surface area is 156 Å². The molecule has 0 saturated carbocycles. The Balaban J connectivity index is 2.41. The van der Waals surface area contributed by atoms with Crippen LogP contribution in [0.15, 0.2) is 59.6 Å². The lowest BCUT2D eigenvalue weighted by atomic mass is 10.1. The minimum atomic E-state index is -0.120. The molecule has 130 valence electrons. The fourth-order valence-corrected chi connectivity index (χ4v) is 2.96. The van der Waals surface area contributed by atoms with Crippen LogP contribution in [-0.2, 0) is 11.4 Å². The van der Waals surface area contributed by atoms with E-state index in [4.69, 9.17) is 4.74 Å². The van der Waals surface area contributed by atoms with E-state index in [1.54, 1.807) is 23.1 Å². The standard InChI is InChI=1S/C20H20BrNO3/c1-4-10-22(15(3)24)19-12-20(17(14(2)23)11-18(19)21)25-13-16-8-6-5-7-9-16/h4-9,11-12H,1,10,13H2,2-3H3. The number of carbonyl (C=O) groups excluding carboxylic acids is 2. The molecule has 0 spiro atoms. The van der Waals surface area contributed by atoms with Gasteiger partial charge in [0.15, 0.2) is 5.78 Å². The number of halogens is 1. The summed E-state index contributed by atoms with van der Waals surface area (Å²) in [5, 5.41) is 0. The van der Waals surface area contributed by atoms with Crippen LogP contribution < -0.4 is 9.64 Å². The highest BCUT2D eigenvalue weighted by molar-refractivity contribution is 9.10. The van der Waals surface area contributed by atoms with Crippen molar-refractivity contribution in [3.63, 3.8) is 0 Å². The second kappa shape index (κ2) is 8.62. The molecule has 0 aliphatic rings. The average Bonchev–Trinajstić information content (AvgIpc) is 2.59. The molecule has 0 radical (unpaired) electrons. The van der Waals surface area contributed by atoms with Gasteiger partial charge in [0.25, 0.3) is 0 Å². The number of hydrogen-bond donors (Lipinski definition) is 0. The van der Waals surface area contributed by atoms with Crippen LogP contribution >= 0.6 is 15.9 Å². The number of hydrogen-bond acceptors (Lipinski definition) is 3. The Hall–Kier alpha value is -2.40. The summed E-state index contributed by atoms with van der Waals surface area (Å²) < 4.78 is 6.54. The first kappa shape index (κ1) is 18.9. The number of ketones is 1. The Morgan fingerprint density at radius 2 is 1.88 bits per heavy atom. The molecule has 0 aromatic heterocycles. The van der Waals surface area contributed by atoms with Gasteiger partial charge in [-0.05, 0) is 34.5 Å². The highest BCUT2D eigenvalue weighted by atomic mass is 79.9. The number of ether oxygens (including phenoxy) is 1. The van der Waals surface area contributed by atoms with E-state index in [0.29, 0.717) is 34.6 Å². The molecule has 5 heteroatoms. The largest absolute Gasteiger partial charge is 0.488 e. The highest BCUT2D eigenvalue weighted by Gasteiger charge is 2.19. The first-order chi connectivity index (χ1) is 11.9. The van der Waals surface area contributed by atoms with Gasteiger partial charge in [-0.15, -0.1) is 6.58 Å². The van der Waals surface area contributed by atoms with Crippen LogP contribution in [-0.4, -0.2) is 18.2 Å². The van der Waals surface area contributed by atoms with E-state index < -0.39 is 0 Å². The highest BCUT2D eigenvalue weighted by Crippen LogP contribution is 2.34. The lowest BCUT2D eigenvalue weighted by molar-refractivity contribution is -0.116. The molecule has 0 unspecified atom stereocenters. The topological polar surface area (TPSA) is 46.6 Å². The van der Waals surface area contributed by atoms with Crippen LogP contribution in [0.5, 0.6) is 5.75 Å². The van der Waals surface area contributed by atoms with Crippen LogP contribution in [0.25, 0.3) is 0 Å². The number of benzene rings is 2. The lowest BCUT2D eigenvalue weighted by Gasteiger charge is -2.23. The number of amides is 1. The van der Waals surface area contributed by atoms with Crippen LogP contribution in [0, 0.1) is 0 Å². The third-order valence-corrected chi connectivity index (χ3v) is 4.28. The minimum Gasteiger partial charge on any atom is -0.488 e. The monoisotopic (exact) mass is 401 g/mol. The Morgan fingerprint density at radius 3 is 2.44 bits per heavy atom. The van der Waals surface area contributed by atoms with Crippen molar-refractivity contribution in [3.8, 4) is 5.75 Å². The molecule has 0 saturated heterocycles. The van der Waals surface area contributed by atoms with Gasteiger partial charge in [-0.3, -0.25) is 9.59 Å². The molecule has 25 heavy (non-hydrogen) atoms. The van der Waals surface area contributed by atoms with Crippen LogP contribution in [0.3, 0.4) is 0 Å². The molecule has 0 bridgehead atoms. The third-order valence-electron chi connectivity index (χ3n) is 3.65. The van der Waals surface area contributed by atoms with E-state index in [9.17, 15) is 9.59 Å². The third kappa shape index (κ3) is 4.79. The van der Waals surface area contributed by atoms with Crippen molar-refractivity contribution in [2.75, 3.05) is 11.4 Å². The van der Waals surface area contributed by atoms with Gasteiger partial charge < -0.3 is 9.64 Å². The van der Waals surface area contributed by atoms with Crippen molar-refractivity contribution >= 4 is 33.3 Å². The molecule has 2 rings (SSSR count). The van der Waals surface area contributed by atoms with Crippen LogP contribution in [0.2, 0.25) is 0 Å². The summed E-state index contributed by atoms with van der Waals surface area (Å²) in [5.74, 6) is 0.225. The van der Waals surface area contributed by atoms with Gasteiger partial charge in [0, 0.05) is 24.0 Å². The quantitative estimate of drug-likeness (QED) is 0.495. The average molecular weight is 402 g/mol. The van der Waals surface area contributed by atoms with Crippen molar-refractivity contribution in [1.82, 2.24) is 0 Å². The molecule has 1 amide bonds. The molecule has 0 aliphatic carbocycles. The Kier molecular flexibility index (Phi) is 6.53. The molecule has 4 nitrogen and oxygen atoms in total. The summed E-state index contributed by atoms with van der Waals surface area (Å²) in [6, 6.07) is 13.1. The fourth-order valence-electron chi connectivity index (χ4n) is 2.41. The van der Waals surface area contributed by atoms with Gasteiger partial charge in [-0.25, -0.2) is 0 Å². The summed E-state index contributed by atoms with van der Waals surface area (Å²) in [6.45, 7) is 7.37. The van der Waals surface area contributed by atoms with Gasteiger partial charge in [0.05, 0.1) is 11.3 Å². The summed E-state index contributed by atoms with van der Waals surface area (Å²) in [7, 11) is 0. The Morgan fingerprint density at radius 1 is 1.20 bits per heavy atom. The second-order valence-corrected chi connectivity index (χ2v) is 6.40. The maximum absolute atomic E-state index is 12.0. The van der Waals surface area contributed by atoms with E-state index in [1.807, 2.05) is 30.3 Å². The summed E-state index contributed by atoms with van der Waals surface area (Å²) in [5.41, 5.74) is 2.10. The van der Waals surface area contributed by atoms with E-state index in [-0.39, 0.29) is 11.7 Å². The molecule has 2 aromatic carbocycles. The minimum absolute atomic E-state index is 0.103. The molecule has 2 aromatic rings. The number of carbonyl (C=O) groups is 2. The summed E-state index contributed by atoms with van der Waals surface area (Å²) >= 11 is 3.45. The van der Waals surface area contributed by atoms with Crippen molar-refractivity contribution < 1.29 is 14.3 Å². The van der Waals surface area contributed by atoms with E-state index in [2.05, 4.69) is 22.5 Å². The van der Waals surface area contributed by atoms with Crippen LogP contribution in [0.1, 0.15) is 29.8 Å². The second-order valence-electron chi connectivity index (χ2n) is 5.55. The molecule has 0 fully saturated rings. The zero-order valence-electron chi connectivity index (χ0n) is 14.3. The zero-order chi connectivity index (χ0) is 18.4. The summed E-state index contributed by atoms with van der Waals surface area (Å²) in [6.07, 6.45) is 1.65. The zero-order valence-corrected chi connectivity index (χ0v) is 15.9. The van der Waals surface area contributed by atoms with Crippen molar-refractivity contribution in [1.29, 1.82) is 0 Å². The molecule has 0 atom stereocenters. The summed E-state index contributed by atoms with van der Waals surface area (Å²) in [4.78, 5) is 25.5. The van der Waals surface area contributed by atoms with Gasteiger partial charge in [-0.1, -0.05) is 36.4 Å². The predicted molar refractivity (Wildman–Crippen MR) is 103 cm³/mol. The molecular weight excluding hydrogens is 382 g/mol. The molecule has 0 N–H and O–H groups in total. The molecular formula is C20H20BrNO3. The smallest absolute Gasteiger partial charge is 0.224 e. The fraction of sp³-hybridized carbons (Fsp3) is 0.200. The van der Waals surface area contributed by atoms with Crippen molar-refractivity contribution in [2.45, 2.75) is 20.5 Å². The van der Waals surface area contributed by atoms with Gasteiger partial charge in [-0.2, -0.15) is 0 Å².